The fraction of sp³-hybridized carbons (Fsp3) is 0.182. The van der Waals surface area contributed by atoms with Crippen molar-refractivity contribution < 1.29 is 0 Å². The molecule has 0 amide bonds. The Balaban J connectivity index is 0.00000210. The van der Waals surface area contributed by atoms with Crippen LogP contribution in [0.25, 0.3) is 11.3 Å². The minimum Gasteiger partial charge on any atom is -0.370 e. The molecule has 5 heteroatoms. The van der Waals surface area contributed by atoms with Gasteiger partial charge >= 0.3 is 0 Å². The zero-order chi connectivity index (χ0) is 17.8. The maximum Gasteiger partial charge on any atom is 0.193 e. The Morgan fingerprint density at radius 1 is 1.00 bits per heavy atom. The van der Waals surface area contributed by atoms with E-state index >= 15 is 0 Å². The highest BCUT2D eigenvalue weighted by atomic mass is 127. The molecule has 1 aliphatic carbocycles. The molecule has 1 aromatic heterocycles. The summed E-state index contributed by atoms with van der Waals surface area (Å²) in [5.74, 6) is 0.436. The van der Waals surface area contributed by atoms with Crippen molar-refractivity contribution in [1.29, 1.82) is 0 Å². The lowest BCUT2D eigenvalue weighted by Gasteiger charge is -2.08. The number of nitrogens with zero attached hydrogens (tertiary/aromatic N) is 2. The Morgan fingerprint density at radius 3 is 2.74 bits per heavy atom. The van der Waals surface area contributed by atoms with Crippen LogP contribution in [-0.2, 0) is 19.4 Å². The molecule has 3 N–H and O–H groups in total. The Labute approximate surface area is 177 Å². The molecule has 1 aliphatic rings. The van der Waals surface area contributed by atoms with Gasteiger partial charge in [-0.15, -0.1) is 24.0 Å². The number of nitrogens with two attached hydrogens (primary N) is 1. The van der Waals surface area contributed by atoms with Gasteiger partial charge in [0.2, 0.25) is 0 Å². The molecule has 0 unspecified atom stereocenters. The lowest BCUT2D eigenvalue weighted by Crippen LogP contribution is -2.22. The van der Waals surface area contributed by atoms with E-state index in [-0.39, 0.29) is 24.0 Å². The van der Waals surface area contributed by atoms with Gasteiger partial charge in [-0.25, -0.2) is 4.99 Å². The van der Waals surface area contributed by atoms with Crippen LogP contribution in [-0.4, -0.2) is 10.9 Å². The van der Waals surface area contributed by atoms with Crippen LogP contribution in [0.1, 0.15) is 23.1 Å². The molecule has 0 bridgehead atoms. The Kier molecular flexibility index (Phi) is 6.45. The third-order valence-electron chi connectivity index (χ3n) is 4.69. The molecule has 0 aliphatic heterocycles. The average Bonchev–Trinajstić information content (AvgIpc) is 3.15. The van der Waals surface area contributed by atoms with E-state index < -0.39 is 0 Å². The molecule has 27 heavy (non-hydrogen) atoms. The van der Waals surface area contributed by atoms with E-state index in [1.165, 1.54) is 24.0 Å². The van der Waals surface area contributed by atoms with E-state index in [4.69, 9.17) is 5.73 Å². The number of anilines is 1. The molecule has 4 nitrogen and oxygen atoms in total. The van der Waals surface area contributed by atoms with Gasteiger partial charge in [0.15, 0.2) is 5.96 Å². The van der Waals surface area contributed by atoms with Crippen molar-refractivity contribution in [2.24, 2.45) is 10.7 Å². The van der Waals surface area contributed by atoms with E-state index in [1.807, 2.05) is 24.3 Å². The van der Waals surface area contributed by atoms with Gasteiger partial charge in [-0.05, 0) is 66.3 Å². The second kappa shape index (κ2) is 8.99. The first-order valence-electron chi connectivity index (χ1n) is 8.97. The summed E-state index contributed by atoms with van der Waals surface area (Å²) in [5, 5.41) is 3.20. The van der Waals surface area contributed by atoms with Crippen LogP contribution in [0.15, 0.2) is 71.9 Å². The van der Waals surface area contributed by atoms with Gasteiger partial charge in [0.1, 0.15) is 0 Å². The molecule has 0 saturated carbocycles. The summed E-state index contributed by atoms with van der Waals surface area (Å²) in [5.41, 5.74) is 13.1. The Morgan fingerprint density at radius 2 is 1.89 bits per heavy atom. The highest BCUT2D eigenvalue weighted by Gasteiger charge is 2.10. The topological polar surface area (TPSA) is 63.3 Å². The van der Waals surface area contributed by atoms with Crippen LogP contribution >= 0.6 is 24.0 Å². The van der Waals surface area contributed by atoms with Gasteiger partial charge in [0.25, 0.3) is 0 Å². The van der Waals surface area contributed by atoms with E-state index in [9.17, 15) is 0 Å². The van der Waals surface area contributed by atoms with Crippen molar-refractivity contribution in [3.05, 3.63) is 83.6 Å². The normalized spacial score (nSPS) is 13.0. The second-order valence-corrected chi connectivity index (χ2v) is 6.58. The van der Waals surface area contributed by atoms with Crippen LogP contribution in [0.4, 0.5) is 5.69 Å². The zero-order valence-corrected chi connectivity index (χ0v) is 17.4. The summed E-state index contributed by atoms with van der Waals surface area (Å²) < 4.78 is 0. The number of benzene rings is 2. The molecule has 0 spiro atoms. The number of aryl methyl sites for hydroxylation is 2. The van der Waals surface area contributed by atoms with Gasteiger partial charge in [0.05, 0.1) is 12.2 Å². The molecule has 138 valence electrons. The number of rotatable bonds is 4. The van der Waals surface area contributed by atoms with E-state index in [1.54, 1.807) is 6.20 Å². The standard InChI is InChI=1S/C22H22N4.HI/c23-22(26-20-11-10-17-6-4-7-18(17)14-20)25-15-16-5-3-8-19(13-16)21-9-1-2-12-24-21;/h1-3,5,8-14H,4,6-7,15H2,(H3,23,25,26);1H. The van der Waals surface area contributed by atoms with Crippen LogP contribution in [0.5, 0.6) is 0 Å². The first kappa shape index (κ1) is 19.4. The molecule has 3 aromatic rings. The second-order valence-electron chi connectivity index (χ2n) is 6.58. The first-order valence-corrected chi connectivity index (χ1v) is 8.97. The molecule has 0 atom stereocenters. The number of halogens is 1. The van der Waals surface area contributed by atoms with E-state index in [2.05, 4.69) is 51.7 Å². The molecule has 4 rings (SSSR count). The largest absolute Gasteiger partial charge is 0.370 e. The number of aliphatic imine (C=N–C) groups is 1. The molecule has 2 aromatic carbocycles. The number of aromatic nitrogens is 1. The van der Waals surface area contributed by atoms with Crippen molar-refractivity contribution in [3.8, 4) is 11.3 Å². The SMILES string of the molecule is I.NC(=NCc1cccc(-c2ccccn2)c1)Nc1ccc2c(c1)CCC2. The Hall–Kier alpha value is -2.41. The lowest BCUT2D eigenvalue weighted by atomic mass is 10.1. The zero-order valence-electron chi connectivity index (χ0n) is 15.1. The molecule has 0 fully saturated rings. The van der Waals surface area contributed by atoms with Gasteiger partial charge in [-0.3, -0.25) is 4.98 Å². The molecule has 1 heterocycles. The van der Waals surface area contributed by atoms with E-state index in [0.29, 0.717) is 12.5 Å². The maximum absolute atomic E-state index is 6.07. The van der Waals surface area contributed by atoms with Gasteiger partial charge in [-0.2, -0.15) is 0 Å². The maximum atomic E-state index is 6.07. The number of guanidine groups is 1. The predicted molar refractivity (Wildman–Crippen MR) is 123 cm³/mol. The van der Waals surface area contributed by atoms with Crippen molar-refractivity contribution >= 4 is 35.6 Å². The summed E-state index contributed by atoms with van der Waals surface area (Å²) in [4.78, 5) is 8.88. The predicted octanol–water partition coefficient (Wildman–Crippen LogP) is 4.78. The van der Waals surface area contributed by atoms with Crippen molar-refractivity contribution in [3.63, 3.8) is 0 Å². The number of fused-ring (bicyclic) bond motifs is 1. The van der Waals surface area contributed by atoms with Crippen LogP contribution in [0.3, 0.4) is 0 Å². The quantitative estimate of drug-likeness (QED) is 0.328. The van der Waals surface area contributed by atoms with Crippen molar-refractivity contribution in [1.82, 2.24) is 4.98 Å². The van der Waals surface area contributed by atoms with Crippen LogP contribution in [0, 0.1) is 0 Å². The summed E-state index contributed by atoms with van der Waals surface area (Å²) in [7, 11) is 0. The van der Waals surface area contributed by atoms with Crippen molar-refractivity contribution in [2.75, 3.05) is 5.32 Å². The molecule has 0 radical (unpaired) electrons. The molecule has 0 saturated heterocycles. The fourth-order valence-electron chi connectivity index (χ4n) is 3.38. The van der Waals surface area contributed by atoms with Crippen LogP contribution in [0.2, 0.25) is 0 Å². The van der Waals surface area contributed by atoms with Gasteiger partial charge in [-0.1, -0.05) is 30.3 Å². The number of nitrogens with one attached hydrogen (secondary N) is 1. The minimum atomic E-state index is 0. The minimum absolute atomic E-state index is 0. The summed E-state index contributed by atoms with van der Waals surface area (Å²) in [6, 6.07) is 20.6. The van der Waals surface area contributed by atoms with Gasteiger partial charge in [0, 0.05) is 17.4 Å². The summed E-state index contributed by atoms with van der Waals surface area (Å²) in [6.45, 7) is 0.532. The van der Waals surface area contributed by atoms with Crippen molar-refractivity contribution in [2.45, 2.75) is 25.8 Å². The highest BCUT2D eigenvalue weighted by molar-refractivity contribution is 14.0. The number of pyridine rings is 1. The fourth-order valence-corrected chi connectivity index (χ4v) is 3.38. The molecular formula is C22H23IN4. The number of hydrogen-bond acceptors (Lipinski definition) is 2. The first-order chi connectivity index (χ1) is 12.8. The summed E-state index contributed by atoms with van der Waals surface area (Å²) in [6.07, 6.45) is 5.39. The van der Waals surface area contributed by atoms with Crippen LogP contribution < -0.4 is 11.1 Å². The highest BCUT2D eigenvalue weighted by Crippen LogP contribution is 2.24. The smallest absolute Gasteiger partial charge is 0.193 e. The van der Waals surface area contributed by atoms with E-state index in [0.717, 1.165) is 28.9 Å². The third kappa shape index (κ3) is 4.86. The molecular weight excluding hydrogens is 447 g/mol. The third-order valence-corrected chi connectivity index (χ3v) is 4.69. The Bertz CT molecular complexity index is 938. The van der Waals surface area contributed by atoms with Gasteiger partial charge < -0.3 is 11.1 Å². The number of hydrogen-bond donors (Lipinski definition) is 2. The lowest BCUT2D eigenvalue weighted by molar-refractivity contribution is 0.912. The summed E-state index contributed by atoms with van der Waals surface area (Å²) >= 11 is 0. The average molecular weight is 470 g/mol. The monoisotopic (exact) mass is 470 g/mol.